The van der Waals surface area contributed by atoms with E-state index < -0.39 is 0 Å². The van der Waals surface area contributed by atoms with Crippen molar-refractivity contribution in [1.29, 1.82) is 0 Å². The zero-order valence-electron chi connectivity index (χ0n) is 10.3. The second kappa shape index (κ2) is 5.87. The van der Waals surface area contributed by atoms with Crippen LogP contribution in [-0.2, 0) is 6.54 Å². The zero-order chi connectivity index (χ0) is 13.0. The number of hydrogen-bond donors (Lipinski definition) is 1. The molecule has 0 atom stereocenters. The maximum Gasteiger partial charge on any atom is 0.143 e. The minimum atomic E-state index is 0.763. The Labute approximate surface area is 116 Å². The fourth-order valence-electron chi connectivity index (χ4n) is 1.83. The first-order chi connectivity index (χ1) is 8.72. The van der Waals surface area contributed by atoms with Crippen LogP contribution in [0.3, 0.4) is 0 Å². The molecule has 0 fully saturated rings. The summed E-state index contributed by atoms with van der Waals surface area (Å²) in [6.45, 7) is 3.75. The van der Waals surface area contributed by atoms with Gasteiger partial charge in [0.15, 0.2) is 0 Å². The predicted octanol–water partition coefficient (Wildman–Crippen LogP) is 3.45. The summed E-state index contributed by atoms with van der Waals surface area (Å²) in [5, 5.41) is 0. The molecule has 0 aliphatic carbocycles. The largest absolute Gasteiger partial charge is 0.398 e. The average Bonchev–Trinajstić information content (AvgIpc) is 2.39. The monoisotopic (exact) mass is 305 g/mol. The number of pyridine rings is 1. The number of hydrogen-bond acceptors (Lipinski definition) is 3. The van der Waals surface area contributed by atoms with Crippen molar-refractivity contribution in [2.75, 3.05) is 17.2 Å². The van der Waals surface area contributed by atoms with Crippen LogP contribution in [-0.4, -0.2) is 11.5 Å². The lowest BCUT2D eigenvalue weighted by Crippen LogP contribution is -2.24. The van der Waals surface area contributed by atoms with Gasteiger partial charge in [0.05, 0.1) is 4.47 Å². The molecule has 0 amide bonds. The molecule has 2 rings (SSSR count). The highest BCUT2D eigenvalue weighted by atomic mass is 79.9. The Bertz CT molecular complexity index is 528. The average molecular weight is 306 g/mol. The number of para-hydroxylation sites is 1. The van der Waals surface area contributed by atoms with Crippen molar-refractivity contribution >= 4 is 27.4 Å². The second-order valence-electron chi connectivity index (χ2n) is 4.02. The lowest BCUT2D eigenvalue weighted by molar-refractivity contribution is 0.812. The Kier molecular flexibility index (Phi) is 4.20. The second-order valence-corrected chi connectivity index (χ2v) is 4.88. The molecule has 2 aromatic rings. The van der Waals surface area contributed by atoms with E-state index in [-0.39, 0.29) is 0 Å². The van der Waals surface area contributed by atoms with E-state index in [1.807, 2.05) is 30.3 Å². The highest BCUT2D eigenvalue weighted by Crippen LogP contribution is 2.25. The molecular formula is C14H16BrN3. The molecule has 0 aliphatic heterocycles. The summed E-state index contributed by atoms with van der Waals surface area (Å²) in [4.78, 5) is 6.60. The van der Waals surface area contributed by atoms with E-state index in [1.165, 1.54) is 0 Å². The quantitative estimate of drug-likeness (QED) is 0.880. The van der Waals surface area contributed by atoms with Crippen LogP contribution in [0.25, 0.3) is 0 Å². The van der Waals surface area contributed by atoms with E-state index in [9.17, 15) is 0 Å². The number of nitrogens with two attached hydrogens (primary N) is 1. The van der Waals surface area contributed by atoms with Gasteiger partial charge in [0, 0.05) is 25.0 Å². The number of nitrogens with zero attached hydrogens (tertiary/aromatic N) is 2. The molecule has 0 unspecified atom stereocenters. The summed E-state index contributed by atoms with van der Waals surface area (Å²) < 4.78 is 1.00. The smallest absolute Gasteiger partial charge is 0.143 e. The fraction of sp³-hybridized carbons (Fsp3) is 0.214. The number of rotatable bonds is 4. The Morgan fingerprint density at radius 3 is 2.67 bits per heavy atom. The fourth-order valence-corrected chi connectivity index (χ4v) is 2.34. The van der Waals surface area contributed by atoms with Crippen LogP contribution in [0.5, 0.6) is 0 Å². The van der Waals surface area contributed by atoms with E-state index in [0.717, 1.165) is 34.6 Å². The minimum absolute atomic E-state index is 0.763. The van der Waals surface area contributed by atoms with Crippen LogP contribution in [0.2, 0.25) is 0 Å². The van der Waals surface area contributed by atoms with Gasteiger partial charge in [-0.2, -0.15) is 0 Å². The van der Waals surface area contributed by atoms with Crippen LogP contribution >= 0.6 is 15.9 Å². The van der Waals surface area contributed by atoms with E-state index in [0.29, 0.717) is 0 Å². The molecule has 3 nitrogen and oxygen atoms in total. The SMILES string of the molecule is CCN(Cc1ccccc1N)c1ncccc1Br. The highest BCUT2D eigenvalue weighted by Gasteiger charge is 2.11. The van der Waals surface area contributed by atoms with E-state index in [2.05, 4.69) is 38.8 Å². The van der Waals surface area contributed by atoms with Crippen molar-refractivity contribution in [3.8, 4) is 0 Å². The van der Waals surface area contributed by atoms with Crippen molar-refractivity contribution in [1.82, 2.24) is 4.98 Å². The molecule has 0 bridgehead atoms. The van der Waals surface area contributed by atoms with E-state index in [4.69, 9.17) is 5.73 Å². The third kappa shape index (κ3) is 2.82. The molecule has 1 aromatic carbocycles. The van der Waals surface area contributed by atoms with Crippen molar-refractivity contribution in [2.24, 2.45) is 0 Å². The molecule has 0 saturated heterocycles. The van der Waals surface area contributed by atoms with Crippen LogP contribution in [0.4, 0.5) is 11.5 Å². The maximum absolute atomic E-state index is 5.98. The zero-order valence-corrected chi connectivity index (χ0v) is 11.9. The van der Waals surface area contributed by atoms with Gasteiger partial charge in [0.1, 0.15) is 5.82 Å². The van der Waals surface area contributed by atoms with Gasteiger partial charge in [-0.15, -0.1) is 0 Å². The Hall–Kier alpha value is -1.55. The predicted molar refractivity (Wildman–Crippen MR) is 79.5 cm³/mol. The van der Waals surface area contributed by atoms with Gasteiger partial charge in [-0.1, -0.05) is 18.2 Å². The molecule has 0 aliphatic rings. The maximum atomic E-state index is 5.98. The molecule has 18 heavy (non-hydrogen) atoms. The van der Waals surface area contributed by atoms with Gasteiger partial charge in [0.2, 0.25) is 0 Å². The lowest BCUT2D eigenvalue weighted by Gasteiger charge is -2.23. The normalized spacial score (nSPS) is 10.3. The Balaban J connectivity index is 2.26. The summed E-state index contributed by atoms with van der Waals surface area (Å²) in [6.07, 6.45) is 1.80. The van der Waals surface area contributed by atoms with Gasteiger partial charge in [-0.3, -0.25) is 0 Å². The first-order valence-electron chi connectivity index (χ1n) is 5.91. The molecule has 0 radical (unpaired) electrons. The molecule has 1 heterocycles. The number of anilines is 2. The number of nitrogen functional groups attached to an aromatic ring is 1. The van der Waals surface area contributed by atoms with Gasteiger partial charge in [-0.05, 0) is 46.6 Å². The third-order valence-electron chi connectivity index (χ3n) is 2.84. The molecule has 94 valence electrons. The molecule has 4 heteroatoms. The molecule has 0 spiro atoms. The first kappa shape index (κ1) is 12.9. The number of aromatic nitrogens is 1. The van der Waals surface area contributed by atoms with Crippen molar-refractivity contribution in [3.63, 3.8) is 0 Å². The number of benzene rings is 1. The lowest BCUT2D eigenvalue weighted by atomic mass is 10.1. The molecule has 0 saturated carbocycles. The van der Waals surface area contributed by atoms with Gasteiger partial charge in [0.25, 0.3) is 0 Å². The Morgan fingerprint density at radius 1 is 1.22 bits per heavy atom. The Morgan fingerprint density at radius 2 is 2.00 bits per heavy atom. The summed E-state index contributed by atoms with van der Waals surface area (Å²) in [7, 11) is 0. The molecule has 1 aromatic heterocycles. The van der Waals surface area contributed by atoms with Crippen LogP contribution < -0.4 is 10.6 Å². The van der Waals surface area contributed by atoms with Crippen LogP contribution in [0, 0.1) is 0 Å². The van der Waals surface area contributed by atoms with E-state index in [1.54, 1.807) is 6.20 Å². The van der Waals surface area contributed by atoms with Crippen molar-refractivity contribution in [2.45, 2.75) is 13.5 Å². The van der Waals surface area contributed by atoms with E-state index >= 15 is 0 Å². The first-order valence-corrected chi connectivity index (χ1v) is 6.70. The summed E-state index contributed by atoms with van der Waals surface area (Å²) in [6, 6.07) is 11.8. The molecular weight excluding hydrogens is 290 g/mol. The van der Waals surface area contributed by atoms with Crippen molar-refractivity contribution < 1.29 is 0 Å². The van der Waals surface area contributed by atoms with Crippen LogP contribution in [0.1, 0.15) is 12.5 Å². The van der Waals surface area contributed by atoms with Gasteiger partial charge >= 0.3 is 0 Å². The highest BCUT2D eigenvalue weighted by molar-refractivity contribution is 9.10. The van der Waals surface area contributed by atoms with Crippen molar-refractivity contribution in [3.05, 3.63) is 52.6 Å². The van der Waals surface area contributed by atoms with Crippen LogP contribution in [0.15, 0.2) is 47.1 Å². The standard InChI is InChI=1S/C14H16BrN3/c1-2-18(14-12(15)7-5-9-17-14)10-11-6-3-4-8-13(11)16/h3-9H,2,10,16H2,1H3. The summed E-state index contributed by atoms with van der Waals surface area (Å²) in [5.74, 6) is 0.947. The summed E-state index contributed by atoms with van der Waals surface area (Å²) >= 11 is 3.53. The third-order valence-corrected chi connectivity index (χ3v) is 3.46. The minimum Gasteiger partial charge on any atom is -0.398 e. The van der Waals surface area contributed by atoms with Gasteiger partial charge < -0.3 is 10.6 Å². The number of halogens is 1. The van der Waals surface area contributed by atoms with Gasteiger partial charge in [-0.25, -0.2) is 4.98 Å². The topological polar surface area (TPSA) is 42.1 Å². The molecule has 2 N–H and O–H groups in total. The summed E-state index contributed by atoms with van der Waals surface area (Å²) in [5.41, 5.74) is 7.93.